The van der Waals surface area contributed by atoms with Gasteiger partial charge in [0.15, 0.2) is 0 Å². The van der Waals surface area contributed by atoms with Crippen LogP contribution in [0.2, 0.25) is 0 Å². The van der Waals surface area contributed by atoms with Crippen molar-refractivity contribution in [3.63, 3.8) is 0 Å². The molecule has 200 valence electrons. The van der Waals surface area contributed by atoms with E-state index in [-0.39, 0.29) is 11.5 Å². The van der Waals surface area contributed by atoms with Gasteiger partial charge in [-0.3, -0.25) is 0 Å². The third-order valence-electron chi connectivity index (χ3n) is 7.56. The Labute approximate surface area is 208 Å². The Balaban J connectivity index is 2.97. The van der Waals surface area contributed by atoms with E-state index in [1.807, 2.05) is 6.92 Å². The number of hydrogen-bond acceptors (Lipinski definition) is 6. The van der Waals surface area contributed by atoms with Crippen molar-refractivity contribution < 1.29 is 29.1 Å². The van der Waals surface area contributed by atoms with Gasteiger partial charge in [0.25, 0.3) is 0 Å². The molecule has 0 aromatic rings. The van der Waals surface area contributed by atoms with Crippen LogP contribution in [0, 0.1) is 10.8 Å². The van der Waals surface area contributed by atoms with Crippen LogP contribution in [0.1, 0.15) is 145 Å². The molecule has 1 rings (SSSR count). The van der Waals surface area contributed by atoms with E-state index < -0.39 is 23.0 Å². The first-order valence-corrected chi connectivity index (χ1v) is 13.9. The van der Waals surface area contributed by atoms with E-state index in [1.54, 1.807) is 0 Å². The third kappa shape index (κ3) is 7.94. The lowest BCUT2D eigenvalue weighted by Crippen LogP contribution is -2.62. The molecule has 0 aromatic carbocycles. The molecule has 1 saturated heterocycles. The number of unbranched alkanes of at least 4 members (excludes halogenated alkanes) is 7. The van der Waals surface area contributed by atoms with Crippen LogP contribution >= 0.6 is 0 Å². The zero-order valence-corrected chi connectivity index (χ0v) is 23.1. The lowest BCUT2D eigenvalue weighted by molar-refractivity contribution is -0.503. The number of rotatable bonds is 17. The first kappa shape index (κ1) is 30.9. The summed E-state index contributed by atoms with van der Waals surface area (Å²) < 4.78 is 0. The van der Waals surface area contributed by atoms with Crippen molar-refractivity contribution in [3.8, 4) is 0 Å². The minimum absolute atomic E-state index is 0.323. The summed E-state index contributed by atoms with van der Waals surface area (Å²) in [5.74, 6) is -1.09. The number of carbonyl (C=O) groups excluding carboxylic acids is 2. The van der Waals surface area contributed by atoms with Gasteiger partial charge in [-0.15, -0.1) is 0 Å². The highest BCUT2D eigenvalue weighted by Gasteiger charge is 2.59. The molecule has 0 aromatic heterocycles. The molecule has 0 saturated carbocycles. The molecule has 34 heavy (non-hydrogen) atoms. The van der Waals surface area contributed by atoms with E-state index in [4.69, 9.17) is 19.6 Å². The quantitative estimate of drug-likeness (QED) is 0.118. The van der Waals surface area contributed by atoms with E-state index in [0.29, 0.717) is 12.8 Å². The molecule has 3 unspecified atom stereocenters. The molecule has 0 spiro atoms. The molecule has 1 heterocycles. The Kier molecular flexibility index (Phi) is 13.7. The summed E-state index contributed by atoms with van der Waals surface area (Å²) >= 11 is 0. The summed E-state index contributed by atoms with van der Waals surface area (Å²) in [6.07, 6.45) is 13.4. The van der Waals surface area contributed by atoms with Gasteiger partial charge in [0.1, 0.15) is 6.10 Å². The van der Waals surface area contributed by atoms with Crippen molar-refractivity contribution in [3.05, 3.63) is 0 Å². The zero-order valence-electron chi connectivity index (χ0n) is 23.1. The van der Waals surface area contributed by atoms with Gasteiger partial charge in [-0.05, 0) is 37.5 Å². The summed E-state index contributed by atoms with van der Waals surface area (Å²) in [5, 5.41) is 0. The maximum atomic E-state index is 13.6. The fraction of sp³-hybridized carbons (Fsp3) is 0.929. The Morgan fingerprint density at radius 3 is 1.85 bits per heavy atom. The maximum absolute atomic E-state index is 13.6. The van der Waals surface area contributed by atoms with Crippen molar-refractivity contribution in [2.24, 2.45) is 10.8 Å². The second kappa shape index (κ2) is 15.1. The summed E-state index contributed by atoms with van der Waals surface area (Å²) in [6.45, 7) is 14.7. The van der Waals surface area contributed by atoms with Gasteiger partial charge in [0.05, 0.1) is 5.41 Å². The SMILES string of the molecule is CCCCCCC1(C(=O)OOC(=O)C(CCCC)(CCCCCC)C(C)(C)C)OOC1CCC. The smallest absolute Gasteiger partial charge is 0.247 e. The van der Waals surface area contributed by atoms with Crippen molar-refractivity contribution in [2.75, 3.05) is 0 Å². The molecule has 1 aliphatic rings. The highest BCUT2D eigenvalue weighted by Crippen LogP contribution is 2.48. The lowest BCUT2D eigenvalue weighted by Gasteiger charge is -2.44. The van der Waals surface area contributed by atoms with Crippen molar-refractivity contribution >= 4 is 11.9 Å². The highest BCUT2D eigenvalue weighted by molar-refractivity contribution is 5.83. The van der Waals surface area contributed by atoms with E-state index in [2.05, 4.69) is 41.5 Å². The number of carbonyl (C=O) groups is 2. The average Bonchev–Trinajstić information content (AvgIpc) is 2.79. The molecule has 6 heteroatoms. The molecular formula is C28H52O6. The monoisotopic (exact) mass is 484 g/mol. The summed E-state index contributed by atoms with van der Waals surface area (Å²) in [5.41, 5.74) is -2.21. The van der Waals surface area contributed by atoms with Crippen LogP contribution in [0.3, 0.4) is 0 Å². The molecular weight excluding hydrogens is 432 g/mol. The van der Waals surface area contributed by atoms with E-state index in [0.717, 1.165) is 83.5 Å². The van der Waals surface area contributed by atoms with Gasteiger partial charge in [-0.25, -0.2) is 29.1 Å². The minimum atomic E-state index is -1.18. The molecule has 0 radical (unpaired) electrons. The Morgan fingerprint density at radius 2 is 1.35 bits per heavy atom. The Hall–Kier alpha value is -1.14. The van der Waals surface area contributed by atoms with Crippen molar-refractivity contribution in [1.82, 2.24) is 0 Å². The molecule has 3 atom stereocenters. The standard InChI is InChI=1S/C28H52O6/c1-8-12-15-17-21-27(20-14-10-3,26(5,6)7)24(29)32-33-25(30)28(22-18-16-13-9-2)23(19-11-4)31-34-28/h23H,8-22H2,1-7H3. The van der Waals surface area contributed by atoms with E-state index >= 15 is 0 Å². The largest absolute Gasteiger partial charge is 0.393 e. The lowest BCUT2D eigenvalue weighted by atomic mass is 9.61. The first-order valence-electron chi connectivity index (χ1n) is 13.9. The van der Waals surface area contributed by atoms with Crippen LogP contribution in [0.15, 0.2) is 0 Å². The molecule has 0 aliphatic carbocycles. The van der Waals surface area contributed by atoms with E-state index in [1.165, 1.54) is 0 Å². The average molecular weight is 485 g/mol. The molecule has 0 amide bonds. The Bertz CT molecular complexity index is 598. The van der Waals surface area contributed by atoms with Crippen molar-refractivity contribution in [2.45, 2.75) is 156 Å². The van der Waals surface area contributed by atoms with E-state index in [9.17, 15) is 9.59 Å². The normalized spacial score (nSPS) is 22.0. The molecule has 1 fully saturated rings. The van der Waals surface area contributed by atoms with Crippen LogP contribution in [0.25, 0.3) is 0 Å². The molecule has 6 nitrogen and oxygen atoms in total. The van der Waals surface area contributed by atoms with Gasteiger partial charge in [0.2, 0.25) is 5.60 Å². The molecule has 0 N–H and O–H groups in total. The van der Waals surface area contributed by atoms with Crippen LogP contribution in [0.5, 0.6) is 0 Å². The summed E-state index contributed by atoms with van der Waals surface area (Å²) in [7, 11) is 0. The fourth-order valence-corrected chi connectivity index (χ4v) is 5.00. The summed E-state index contributed by atoms with van der Waals surface area (Å²) in [6, 6.07) is 0. The third-order valence-corrected chi connectivity index (χ3v) is 7.56. The van der Waals surface area contributed by atoms with Crippen LogP contribution in [0.4, 0.5) is 0 Å². The topological polar surface area (TPSA) is 71.1 Å². The summed E-state index contributed by atoms with van der Waals surface area (Å²) in [4.78, 5) is 48.0. The molecule has 1 aliphatic heterocycles. The van der Waals surface area contributed by atoms with Crippen LogP contribution in [-0.2, 0) is 29.1 Å². The highest BCUT2D eigenvalue weighted by atomic mass is 17.3. The van der Waals surface area contributed by atoms with Gasteiger partial charge in [-0.1, -0.05) is 113 Å². The fourth-order valence-electron chi connectivity index (χ4n) is 5.00. The molecule has 0 bridgehead atoms. The minimum Gasteiger partial charge on any atom is -0.247 e. The predicted octanol–water partition coefficient (Wildman–Crippen LogP) is 8.02. The zero-order chi connectivity index (χ0) is 25.7. The first-order chi connectivity index (χ1) is 16.1. The van der Waals surface area contributed by atoms with Gasteiger partial charge in [-0.2, -0.15) is 0 Å². The van der Waals surface area contributed by atoms with Crippen LogP contribution < -0.4 is 0 Å². The van der Waals surface area contributed by atoms with Gasteiger partial charge < -0.3 is 0 Å². The van der Waals surface area contributed by atoms with Crippen molar-refractivity contribution in [1.29, 1.82) is 0 Å². The number of hydrogen-bond donors (Lipinski definition) is 0. The van der Waals surface area contributed by atoms with Gasteiger partial charge in [0, 0.05) is 0 Å². The second-order valence-corrected chi connectivity index (χ2v) is 11.1. The maximum Gasteiger partial charge on any atom is 0.393 e. The second-order valence-electron chi connectivity index (χ2n) is 11.1. The predicted molar refractivity (Wildman–Crippen MR) is 135 cm³/mol. The Morgan fingerprint density at radius 1 is 0.765 bits per heavy atom. The van der Waals surface area contributed by atoms with Crippen LogP contribution in [-0.4, -0.2) is 23.6 Å². The van der Waals surface area contributed by atoms with Gasteiger partial charge >= 0.3 is 11.9 Å².